The SMILES string of the molecule is C=CCOc1ccc([C@H]2CC(=O)Nc3ncnn32)cc1OC. The summed E-state index contributed by atoms with van der Waals surface area (Å²) in [6, 6.07) is 5.36. The summed E-state index contributed by atoms with van der Waals surface area (Å²) in [7, 11) is 1.58. The number of hydrogen-bond acceptors (Lipinski definition) is 5. The average molecular weight is 300 g/mol. The number of rotatable bonds is 5. The second-order valence-electron chi connectivity index (χ2n) is 4.81. The van der Waals surface area contributed by atoms with Gasteiger partial charge in [-0.25, -0.2) is 4.68 Å². The molecule has 1 N–H and O–H groups in total. The minimum absolute atomic E-state index is 0.0866. The zero-order valence-corrected chi connectivity index (χ0v) is 12.2. The molecule has 0 aliphatic carbocycles. The number of fused-ring (bicyclic) bond motifs is 1. The van der Waals surface area contributed by atoms with E-state index >= 15 is 0 Å². The summed E-state index contributed by atoms with van der Waals surface area (Å²) in [6.07, 6.45) is 3.39. The molecule has 0 radical (unpaired) electrons. The van der Waals surface area contributed by atoms with Gasteiger partial charge in [-0.3, -0.25) is 10.1 Å². The van der Waals surface area contributed by atoms with Crippen LogP contribution in [0.1, 0.15) is 18.0 Å². The Balaban J connectivity index is 1.96. The van der Waals surface area contributed by atoms with E-state index in [1.54, 1.807) is 17.9 Å². The zero-order chi connectivity index (χ0) is 15.5. The van der Waals surface area contributed by atoms with Crippen molar-refractivity contribution in [2.24, 2.45) is 0 Å². The van der Waals surface area contributed by atoms with Crippen LogP contribution in [0, 0.1) is 0 Å². The predicted octanol–water partition coefficient (Wildman–Crippen LogP) is 1.78. The molecule has 7 nitrogen and oxygen atoms in total. The third-order valence-electron chi connectivity index (χ3n) is 3.43. The molecule has 0 saturated carbocycles. The van der Waals surface area contributed by atoms with E-state index in [-0.39, 0.29) is 11.9 Å². The number of methoxy groups -OCH3 is 1. The molecule has 0 unspecified atom stereocenters. The molecule has 1 aromatic heterocycles. The number of ether oxygens (including phenoxy) is 2. The normalized spacial score (nSPS) is 16.6. The number of anilines is 1. The largest absolute Gasteiger partial charge is 0.493 e. The molecular formula is C15H16N4O3. The lowest BCUT2D eigenvalue weighted by Crippen LogP contribution is -2.29. The fourth-order valence-electron chi connectivity index (χ4n) is 2.42. The number of nitrogens with zero attached hydrogens (tertiary/aromatic N) is 3. The molecule has 0 spiro atoms. The van der Waals surface area contributed by atoms with E-state index in [1.165, 1.54) is 6.33 Å². The van der Waals surface area contributed by atoms with Crippen molar-refractivity contribution in [3.8, 4) is 11.5 Å². The second-order valence-corrected chi connectivity index (χ2v) is 4.81. The van der Waals surface area contributed by atoms with Crippen LogP contribution in [0.2, 0.25) is 0 Å². The van der Waals surface area contributed by atoms with Crippen LogP contribution in [0.3, 0.4) is 0 Å². The van der Waals surface area contributed by atoms with Gasteiger partial charge in [0.05, 0.1) is 19.6 Å². The second kappa shape index (κ2) is 5.88. The topological polar surface area (TPSA) is 78.3 Å². The Bertz CT molecular complexity index is 711. The Kier molecular flexibility index (Phi) is 3.78. The van der Waals surface area contributed by atoms with Crippen molar-refractivity contribution in [1.29, 1.82) is 0 Å². The number of aromatic nitrogens is 3. The predicted molar refractivity (Wildman–Crippen MR) is 80.1 cm³/mol. The molecule has 22 heavy (non-hydrogen) atoms. The summed E-state index contributed by atoms with van der Waals surface area (Å²) in [4.78, 5) is 15.8. The highest BCUT2D eigenvalue weighted by molar-refractivity contribution is 5.91. The van der Waals surface area contributed by atoms with Gasteiger partial charge in [0, 0.05) is 0 Å². The number of benzene rings is 1. The number of hydrogen-bond donors (Lipinski definition) is 1. The molecule has 7 heteroatoms. The Hall–Kier alpha value is -2.83. The van der Waals surface area contributed by atoms with Gasteiger partial charge in [0.2, 0.25) is 11.9 Å². The first-order chi connectivity index (χ1) is 10.7. The zero-order valence-electron chi connectivity index (χ0n) is 12.2. The number of nitrogens with one attached hydrogen (secondary N) is 1. The van der Waals surface area contributed by atoms with Crippen molar-refractivity contribution in [1.82, 2.24) is 14.8 Å². The lowest BCUT2D eigenvalue weighted by molar-refractivity contribution is -0.117. The van der Waals surface area contributed by atoms with Gasteiger partial charge in [0.1, 0.15) is 12.9 Å². The van der Waals surface area contributed by atoms with Crippen molar-refractivity contribution >= 4 is 11.9 Å². The van der Waals surface area contributed by atoms with E-state index in [0.717, 1.165) is 5.56 Å². The lowest BCUT2D eigenvalue weighted by Gasteiger charge is -2.24. The number of carbonyl (C=O) groups is 1. The van der Waals surface area contributed by atoms with E-state index in [9.17, 15) is 4.79 Å². The number of amides is 1. The number of carbonyl (C=O) groups excluding carboxylic acids is 1. The van der Waals surface area contributed by atoms with Crippen molar-refractivity contribution in [2.45, 2.75) is 12.5 Å². The molecule has 0 bridgehead atoms. The minimum Gasteiger partial charge on any atom is -0.493 e. The molecule has 1 aromatic carbocycles. The molecule has 2 heterocycles. The van der Waals surface area contributed by atoms with Gasteiger partial charge in [0.15, 0.2) is 11.5 Å². The summed E-state index contributed by atoms with van der Waals surface area (Å²) < 4.78 is 12.6. The van der Waals surface area contributed by atoms with Crippen LogP contribution in [0.5, 0.6) is 11.5 Å². The molecule has 1 amide bonds. The summed E-state index contributed by atoms with van der Waals surface area (Å²) in [5, 5.41) is 6.87. The maximum atomic E-state index is 11.8. The van der Waals surface area contributed by atoms with E-state index in [0.29, 0.717) is 30.5 Å². The van der Waals surface area contributed by atoms with Crippen molar-refractivity contribution < 1.29 is 14.3 Å². The molecule has 2 aromatic rings. The molecular weight excluding hydrogens is 284 g/mol. The van der Waals surface area contributed by atoms with E-state index in [2.05, 4.69) is 22.0 Å². The Morgan fingerprint density at radius 3 is 3.14 bits per heavy atom. The van der Waals surface area contributed by atoms with Crippen LogP contribution in [-0.2, 0) is 4.79 Å². The summed E-state index contributed by atoms with van der Waals surface area (Å²) >= 11 is 0. The van der Waals surface area contributed by atoms with Crippen LogP contribution in [-0.4, -0.2) is 34.4 Å². The lowest BCUT2D eigenvalue weighted by atomic mass is 10.0. The highest BCUT2D eigenvalue weighted by atomic mass is 16.5. The van der Waals surface area contributed by atoms with Gasteiger partial charge in [-0.2, -0.15) is 10.1 Å². The van der Waals surface area contributed by atoms with Crippen LogP contribution in [0.15, 0.2) is 37.2 Å². The van der Waals surface area contributed by atoms with Crippen molar-refractivity contribution in [2.75, 3.05) is 19.0 Å². The Labute approximate surface area is 127 Å². The maximum Gasteiger partial charge on any atom is 0.229 e. The van der Waals surface area contributed by atoms with Crippen molar-refractivity contribution in [3.63, 3.8) is 0 Å². The van der Waals surface area contributed by atoms with Gasteiger partial charge in [-0.1, -0.05) is 18.7 Å². The van der Waals surface area contributed by atoms with E-state index in [1.807, 2.05) is 18.2 Å². The molecule has 1 aliphatic heterocycles. The minimum atomic E-state index is -0.214. The third-order valence-corrected chi connectivity index (χ3v) is 3.43. The van der Waals surface area contributed by atoms with Crippen LogP contribution >= 0.6 is 0 Å². The molecule has 1 atom stereocenters. The Morgan fingerprint density at radius 1 is 1.50 bits per heavy atom. The van der Waals surface area contributed by atoms with E-state index in [4.69, 9.17) is 9.47 Å². The Morgan fingerprint density at radius 2 is 2.36 bits per heavy atom. The smallest absolute Gasteiger partial charge is 0.229 e. The fraction of sp³-hybridized carbons (Fsp3) is 0.267. The fourth-order valence-corrected chi connectivity index (χ4v) is 2.42. The van der Waals surface area contributed by atoms with Crippen LogP contribution in [0.4, 0.5) is 5.95 Å². The van der Waals surface area contributed by atoms with Crippen LogP contribution in [0.25, 0.3) is 0 Å². The molecule has 114 valence electrons. The van der Waals surface area contributed by atoms with Crippen molar-refractivity contribution in [3.05, 3.63) is 42.7 Å². The highest BCUT2D eigenvalue weighted by Crippen LogP contribution is 2.34. The molecule has 0 saturated heterocycles. The molecule has 3 rings (SSSR count). The molecule has 0 fully saturated rings. The first-order valence-electron chi connectivity index (χ1n) is 6.84. The molecule has 1 aliphatic rings. The first-order valence-corrected chi connectivity index (χ1v) is 6.84. The van der Waals surface area contributed by atoms with Gasteiger partial charge >= 0.3 is 0 Å². The highest BCUT2D eigenvalue weighted by Gasteiger charge is 2.28. The van der Waals surface area contributed by atoms with Crippen LogP contribution < -0.4 is 14.8 Å². The van der Waals surface area contributed by atoms with Gasteiger partial charge < -0.3 is 9.47 Å². The van der Waals surface area contributed by atoms with Gasteiger partial charge in [0.25, 0.3) is 0 Å². The van der Waals surface area contributed by atoms with E-state index < -0.39 is 0 Å². The quantitative estimate of drug-likeness (QED) is 0.852. The average Bonchev–Trinajstić information content (AvgIpc) is 3.00. The summed E-state index contributed by atoms with van der Waals surface area (Å²) in [5.74, 6) is 1.60. The maximum absolute atomic E-state index is 11.8. The standard InChI is InChI=1S/C15H16N4O3/c1-3-6-22-12-5-4-10(7-13(12)21-2)11-8-14(20)18-15-16-9-17-19(11)15/h3-5,7,9,11H,1,6,8H2,2H3,(H,16,17,18,20)/t11-/m1/s1. The first kappa shape index (κ1) is 14.1. The summed E-state index contributed by atoms with van der Waals surface area (Å²) in [5.41, 5.74) is 0.907. The summed E-state index contributed by atoms with van der Waals surface area (Å²) in [6.45, 7) is 4.02. The third kappa shape index (κ3) is 2.52. The monoisotopic (exact) mass is 300 g/mol. The van der Waals surface area contributed by atoms with Gasteiger partial charge in [-0.05, 0) is 17.7 Å². The van der Waals surface area contributed by atoms with Gasteiger partial charge in [-0.15, -0.1) is 0 Å².